The SMILES string of the molecule is CC(=O)OC1CC(n2cnc3c(N)ncnc32)OC1CO[Si](C)(C)C(C)(C)C. The Balaban J connectivity index is 1.80. The van der Waals surface area contributed by atoms with Gasteiger partial charge in [0.2, 0.25) is 0 Å². The third-order valence-corrected chi connectivity index (χ3v) is 10.1. The number of anilines is 1. The first-order chi connectivity index (χ1) is 13.0. The Labute approximate surface area is 165 Å². The van der Waals surface area contributed by atoms with E-state index in [0.717, 1.165) is 0 Å². The van der Waals surface area contributed by atoms with Gasteiger partial charge in [-0.1, -0.05) is 20.8 Å². The molecule has 0 radical (unpaired) electrons. The van der Waals surface area contributed by atoms with E-state index in [2.05, 4.69) is 48.8 Å². The molecule has 1 aliphatic heterocycles. The van der Waals surface area contributed by atoms with Gasteiger partial charge in [-0.05, 0) is 18.1 Å². The number of nitrogens with zero attached hydrogens (tertiary/aromatic N) is 4. The van der Waals surface area contributed by atoms with Gasteiger partial charge in [0, 0.05) is 13.3 Å². The van der Waals surface area contributed by atoms with Crippen molar-refractivity contribution in [3.8, 4) is 0 Å². The molecule has 10 heteroatoms. The van der Waals surface area contributed by atoms with E-state index in [4.69, 9.17) is 19.6 Å². The predicted octanol–water partition coefficient (Wildman–Crippen LogP) is 2.65. The van der Waals surface area contributed by atoms with E-state index in [1.807, 2.05) is 0 Å². The van der Waals surface area contributed by atoms with Crippen molar-refractivity contribution in [3.05, 3.63) is 12.7 Å². The third kappa shape index (κ3) is 4.03. The Morgan fingerprint density at radius 3 is 2.71 bits per heavy atom. The van der Waals surface area contributed by atoms with Crippen LogP contribution in [0, 0.1) is 0 Å². The molecule has 9 nitrogen and oxygen atoms in total. The third-order valence-electron chi connectivity index (χ3n) is 5.61. The van der Waals surface area contributed by atoms with E-state index >= 15 is 0 Å². The van der Waals surface area contributed by atoms with Crippen LogP contribution in [0.3, 0.4) is 0 Å². The molecule has 28 heavy (non-hydrogen) atoms. The lowest BCUT2D eigenvalue weighted by atomic mass is 10.2. The van der Waals surface area contributed by atoms with E-state index in [-0.39, 0.29) is 23.3 Å². The molecular weight excluding hydrogens is 378 g/mol. The van der Waals surface area contributed by atoms with Gasteiger partial charge in [0.1, 0.15) is 30.3 Å². The molecule has 154 valence electrons. The van der Waals surface area contributed by atoms with Crippen LogP contribution in [0.15, 0.2) is 12.7 Å². The lowest BCUT2D eigenvalue weighted by Gasteiger charge is -2.37. The minimum atomic E-state index is -1.96. The van der Waals surface area contributed by atoms with E-state index < -0.39 is 14.4 Å². The summed E-state index contributed by atoms with van der Waals surface area (Å²) >= 11 is 0. The van der Waals surface area contributed by atoms with E-state index in [0.29, 0.717) is 30.0 Å². The molecule has 1 aliphatic rings. The molecule has 2 aromatic heterocycles. The van der Waals surface area contributed by atoms with Gasteiger partial charge in [-0.25, -0.2) is 15.0 Å². The molecule has 1 saturated heterocycles. The van der Waals surface area contributed by atoms with Crippen LogP contribution in [0.1, 0.15) is 40.3 Å². The smallest absolute Gasteiger partial charge is 0.302 e. The van der Waals surface area contributed by atoms with Crippen LogP contribution < -0.4 is 5.73 Å². The Bertz CT molecular complexity index is 863. The van der Waals surface area contributed by atoms with Crippen molar-refractivity contribution < 1.29 is 18.7 Å². The van der Waals surface area contributed by atoms with Gasteiger partial charge in [-0.2, -0.15) is 0 Å². The van der Waals surface area contributed by atoms with Gasteiger partial charge in [0.25, 0.3) is 0 Å². The normalized spacial score (nSPS) is 23.3. The molecule has 0 aliphatic carbocycles. The van der Waals surface area contributed by atoms with Crippen molar-refractivity contribution in [1.82, 2.24) is 19.5 Å². The van der Waals surface area contributed by atoms with Crippen molar-refractivity contribution >= 4 is 31.3 Å². The average Bonchev–Trinajstić information content (AvgIpc) is 3.16. The number of imidazole rings is 1. The summed E-state index contributed by atoms with van der Waals surface area (Å²) < 4.78 is 19.9. The largest absolute Gasteiger partial charge is 0.460 e. The van der Waals surface area contributed by atoms with Crippen LogP contribution in [-0.4, -0.2) is 52.6 Å². The number of esters is 1. The van der Waals surface area contributed by atoms with Gasteiger partial charge in [0.05, 0.1) is 12.9 Å². The molecule has 0 spiro atoms. The molecule has 1 fully saturated rings. The number of nitrogen functional groups attached to an aromatic ring is 1. The first-order valence-corrected chi connectivity index (χ1v) is 12.3. The fraction of sp³-hybridized carbons (Fsp3) is 0.667. The van der Waals surface area contributed by atoms with Crippen LogP contribution >= 0.6 is 0 Å². The van der Waals surface area contributed by atoms with Crippen LogP contribution in [0.2, 0.25) is 18.1 Å². The van der Waals surface area contributed by atoms with Crippen LogP contribution in [-0.2, 0) is 18.7 Å². The molecule has 0 amide bonds. The van der Waals surface area contributed by atoms with E-state index in [9.17, 15) is 4.79 Å². The highest BCUT2D eigenvalue weighted by Crippen LogP contribution is 2.38. The van der Waals surface area contributed by atoms with E-state index in [1.165, 1.54) is 13.3 Å². The number of rotatable bonds is 5. The molecule has 0 aromatic carbocycles. The van der Waals surface area contributed by atoms with Crippen molar-refractivity contribution in [2.75, 3.05) is 12.3 Å². The molecule has 3 rings (SSSR count). The minimum absolute atomic E-state index is 0.0803. The fourth-order valence-electron chi connectivity index (χ4n) is 2.95. The summed E-state index contributed by atoms with van der Waals surface area (Å²) in [5.41, 5.74) is 6.98. The highest BCUT2D eigenvalue weighted by molar-refractivity contribution is 6.74. The van der Waals surface area contributed by atoms with E-state index in [1.54, 1.807) is 10.9 Å². The summed E-state index contributed by atoms with van der Waals surface area (Å²) in [5, 5.41) is 0.0803. The van der Waals surface area contributed by atoms with Gasteiger partial charge in [-0.15, -0.1) is 0 Å². The molecule has 2 N–H and O–H groups in total. The lowest BCUT2D eigenvalue weighted by Crippen LogP contribution is -2.44. The van der Waals surface area contributed by atoms with Gasteiger partial charge < -0.3 is 19.6 Å². The summed E-state index contributed by atoms with van der Waals surface area (Å²) in [6.45, 7) is 12.7. The molecule has 3 unspecified atom stereocenters. The molecule has 3 atom stereocenters. The minimum Gasteiger partial charge on any atom is -0.460 e. The maximum absolute atomic E-state index is 11.6. The number of ether oxygens (including phenoxy) is 2. The standard InChI is InChI=1S/C18H29N5O4Si/c1-11(24)26-12-7-14(23-10-22-15-16(19)20-9-21-17(15)23)27-13(12)8-25-28(5,6)18(2,3)4/h9-10,12-14H,7-8H2,1-6H3,(H2,19,20,21). The van der Waals surface area contributed by atoms with Crippen LogP contribution in [0.25, 0.3) is 11.2 Å². The number of carbonyl (C=O) groups excluding carboxylic acids is 1. The zero-order valence-corrected chi connectivity index (χ0v) is 18.3. The van der Waals surface area contributed by atoms with Crippen molar-refractivity contribution in [1.29, 1.82) is 0 Å². The van der Waals surface area contributed by atoms with Crippen LogP contribution in [0.5, 0.6) is 0 Å². The van der Waals surface area contributed by atoms with Gasteiger partial charge >= 0.3 is 5.97 Å². The molecule has 0 bridgehead atoms. The van der Waals surface area contributed by atoms with Crippen molar-refractivity contribution in [2.24, 2.45) is 0 Å². The first kappa shape index (κ1) is 20.7. The number of fused-ring (bicyclic) bond motifs is 1. The molecule has 0 saturated carbocycles. The summed E-state index contributed by atoms with van der Waals surface area (Å²) in [6, 6.07) is 0. The predicted molar refractivity (Wildman–Crippen MR) is 107 cm³/mol. The second-order valence-corrected chi connectivity index (χ2v) is 13.5. The second-order valence-electron chi connectivity index (χ2n) is 8.67. The number of nitrogens with two attached hydrogens (primary N) is 1. The first-order valence-electron chi connectivity index (χ1n) is 9.39. The Morgan fingerprint density at radius 1 is 1.36 bits per heavy atom. The Hall–Kier alpha value is -2.04. The maximum atomic E-state index is 11.6. The monoisotopic (exact) mass is 407 g/mol. The molecule has 2 aromatic rings. The van der Waals surface area contributed by atoms with Crippen LogP contribution in [0.4, 0.5) is 5.82 Å². The van der Waals surface area contributed by atoms with Crippen molar-refractivity contribution in [2.45, 2.75) is 70.7 Å². The zero-order valence-electron chi connectivity index (χ0n) is 17.3. The fourth-order valence-corrected chi connectivity index (χ4v) is 3.96. The Kier molecular flexibility index (Phi) is 5.48. The topological polar surface area (TPSA) is 114 Å². The highest BCUT2D eigenvalue weighted by atomic mass is 28.4. The number of hydrogen-bond acceptors (Lipinski definition) is 8. The summed E-state index contributed by atoms with van der Waals surface area (Å²) in [4.78, 5) is 24.1. The average molecular weight is 408 g/mol. The summed E-state index contributed by atoms with van der Waals surface area (Å²) in [5.74, 6) is -0.0234. The summed E-state index contributed by atoms with van der Waals surface area (Å²) in [7, 11) is -1.96. The zero-order chi connectivity index (χ0) is 20.7. The number of aromatic nitrogens is 4. The molecular formula is C18H29N5O4Si. The second kappa shape index (κ2) is 7.41. The quantitative estimate of drug-likeness (QED) is 0.594. The van der Waals surface area contributed by atoms with Crippen molar-refractivity contribution in [3.63, 3.8) is 0 Å². The lowest BCUT2D eigenvalue weighted by molar-refractivity contribution is -0.150. The maximum Gasteiger partial charge on any atom is 0.302 e. The Morgan fingerprint density at radius 2 is 2.07 bits per heavy atom. The van der Waals surface area contributed by atoms with Gasteiger partial charge in [-0.3, -0.25) is 9.36 Å². The highest BCUT2D eigenvalue weighted by Gasteiger charge is 2.43. The number of carbonyl (C=O) groups is 1. The summed E-state index contributed by atoms with van der Waals surface area (Å²) in [6.07, 6.45) is 2.37. The molecule has 3 heterocycles. The van der Waals surface area contributed by atoms with Gasteiger partial charge in [0.15, 0.2) is 19.8 Å². The number of hydrogen-bond donors (Lipinski definition) is 1.